The van der Waals surface area contributed by atoms with Crippen LogP contribution >= 0.6 is 0 Å². The Bertz CT molecular complexity index is 642. The van der Waals surface area contributed by atoms with Gasteiger partial charge >= 0.3 is 5.97 Å². The molecule has 0 bridgehead atoms. The monoisotopic (exact) mass is 320 g/mol. The zero-order valence-electron chi connectivity index (χ0n) is 13.6. The quantitative estimate of drug-likeness (QED) is 0.208. The van der Waals surface area contributed by atoms with Crippen LogP contribution < -0.4 is 9.47 Å². The summed E-state index contributed by atoms with van der Waals surface area (Å²) in [5, 5.41) is 9.98. The highest BCUT2D eigenvalue weighted by atomic mass is 16.5. The Kier molecular flexibility index (Phi) is 6.86. The molecule has 0 aromatic heterocycles. The second-order valence-corrected chi connectivity index (χ2v) is 4.48. The van der Waals surface area contributed by atoms with Crippen molar-refractivity contribution in [3.63, 3.8) is 0 Å². The van der Waals surface area contributed by atoms with Crippen molar-refractivity contribution in [2.24, 2.45) is 0 Å². The third-order valence-corrected chi connectivity index (χ3v) is 2.93. The van der Waals surface area contributed by atoms with Crippen LogP contribution in [0.3, 0.4) is 0 Å². The molecular weight excluding hydrogens is 300 g/mol. The summed E-state index contributed by atoms with van der Waals surface area (Å²) in [6.45, 7) is 2.92. The average Bonchev–Trinajstić information content (AvgIpc) is 2.52. The summed E-state index contributed by atoms with van der Waals surface area (Å²) in [7, 11) is 3.04. The number of allylic oxidation sites excluding steroid dienone is 1. The zero-order chi connectivity index (χ0) is 17.4. The van der Waals surface area contributed by atoms with E-state index < -0.39 is 17.5 Å². The lowest BCUT2D eigenvalue weighted by atomic mass is 10.1. The van der Waals surface area contributed by atoms with Crippen molar-refractivity contribution in [1.82, 2.24) is 0 Å². The van der Waals surface area contributed by atoms with Gasteiger partial charge < -0.3 is 19.3 Å². The Morgan fingerprint density at radius 1 is 1.17 bits per heavy atom. The van der Waals surface area contributed by atoms with Crippen molar-refractivity contribution in [2.75, 3.05) is 20.8 Å². The van der Waals surface area contributed by atoms with Gasteiger partial charge in [0.15, 0.2) is 17.3 Å². The third-order valence-electron chi connectivity index (χ3n) is 2.93. The molecule has 0 saturated carbocycles. The van der Waals surface area contributed by atoms with E-state index in [9.17, 15) is 14.7 Å². The molecule has 124 valence electrons. The van der Waals surface area contributed by atoms with E-state index in [1.54, 1.807) is 31.2 Å². The van der Waals surface area contributed by atoms with Crippen LogP contribution in [0.15, 0.2) is 35.6 Å². The largest absolute Gasteiger partial charge is 0.507 e. The number of hydrogen-bond acceptors (Lipinski definition) is 6. The minimum atomic E-state index is -0.852. The van der Waals surface area contributed by atoms with Gasteiger partial charge in [-0.15, -0.1) is 0 Å². The second-order valence-electron chi connectivity index (χ2n) is 4.48. The number of esters is 1. The molecule has 1 rings (SSSR count). The van der Waals surface area contributed by atoms with Crippen LogP contribution in [0.25, 0.3) is 6.08 Å². The topological polar surface area (TPSA) is 82.1 Å². The number of Topliss-reactive ketones (excluding diaryl/α,β-unsaturated/α-hetero) is 1. The molecule has 1 aromatic rings. The van der Waals surface area contributed by atoms with Crippen molar-refractivity contribution in [2.45, 2.75) is 13.8 Å². The number of ether oxygens (including phenoxy) is 3. The van der Waals surface area contributed by atoms with E-state index in [-0.39, 0.29) is 12.2 Å². The lowest BCUT2D eigenvalue weighted by Crippen LogP contribution is -2.15. The van der Waals surface area contributed by atoms with Gasteiger partial charge in [0.1, 0.15) is 11.3 Å². The number of carbonyl (C=O) groups excluding carboxylic acids is 2. The maximum absolute atomic E-state index is 11.7. The van der Waals surface area contributed by atoms with Crippen molar-refractivity contribution in [1.29, 1.82) is 0 Å². The minimum Gasteiger partial charge on any atom is -0.507 e. The average molecular weight is 320 g/mol. The molecule has 0 atom stereocenters. The van der Waals surface area contributed by atoms with Crippen LogP contribution in [0, 0.1) is 0 Å². The fourth-order valence-electron chi connectivity index (χ4n) is 1.85. The molecule has 1 N–H and O–H groups in total. The first-order valence-electron chi connectivity index (χ1n) is 6.96. The molecule has 0 radical (unpaired) electrons. The number of hydrogen-bond donors (Lipinski definition) is 1. The van der Waals surface area contributed by atoms with Gasteiger partial charge in [0.2, 0.25) is 0 Å². The van der Waals surface area contributed by atoms with E-state index >= 15 is 0 Å². The summed E-state index contributed by atoms with van der Waals surface area (Å²) in [4.78, 5) is 23.2. The van der Waals surface area contributed by atoms with Gasteiger partial charge in [-0.1, -0.05) is 12.1 Å². The molecule has 0 spiro atoms. The first-order chi connectivity index (χ1) is 10.9. The van der Waals surface area contributed by atoms with Crippen LogP contribution in [0.1, 0.15) is 19.4 Å². The predicted octanol–water partition coefficient (Wildman–Crippen LogP) is 2.68. The molecule has 23 heavy (non-hydrogen) atoms. The second kappa shape index (κ2) is 8.63. The zero-order valence-corrected chi connectivity index (χ0v) is 13.6. The van der Waals surface area contributed by atoms with Gasteiger partial charge in [-0.3, -0.25) is 4.79 Å². The first-order valence-corrected chi connectivity index (χ1v) is 6.96. The molecule has 0 aliphatic heterocycles. The van der Waals surface area contributed by atoms with Crippen LogP contribution in [0.2, 0.25) is 0 Å². The highest BCUT2D eigenvalue weighted by Crippen LogP contribution is 2.28. The van der Waals surface area contributed by atoms with Gasteiger partial charge in [-0.05, 0) is 37.6 Å². The number of aliphatic hydroxyl groups excluding tert-OH is 1. The molecule has 6 heteroatoms. The summed E-state index contributed by atoms with van der Waals surface area (Å²) in [6, 6.07) is 5.14. The smallest absolute Gasteiger partial charge is 0.345 e. The lowest BCUT2D eigenvalue weighted by Gasteiger charge is -2.08. The van der Waals surface area contributed by atoms with Crippen molar-refractivity contribution in [3.05, 3.63) is 41.2 Å². The fourth-order valence-corrected chi connectivity index (χ4v) is 1.85. The number of aliphatic hydroxyl groups is 1. The molecule has 0 amide bonds. The Balaban J connectivity index is 3.12. The Morgan fingerprint density at radius 2 is 1.83 bits per heavy atom. The van der Waals surface area contributed by atoms with Crippen molar-refractivity contribution < 1.29 is 28.9 Å². The molecule has 6 nitrogen and oxygen atoms in total. The number of rotatable bonds is 7. The highest BCUT2D eigenvalue weighted by Gasteiger charge is 2.20. The van der Waals surface area contributed by atoms with E-state index in [0.717, 1.165) is 0 Å². The number of benzene rings is 1. The lowest BCUT2D eigenvalue weighted by molar-refractivity contribution is -0.140. The molecule has 0 aliphatic rings. The summed E-state index contributed by atoms with van der Waals surface area (Å²) >= 11 is 0. The van der Waals surface area contributed by atoms with Crippen LogP contribution in [0.4, 0.5) is 0 Å². The maximum Gasteiger partial charge on any atom is 0.345 e. The summed E-state index contributed by atoms with van der Waals surface area (Å²) in [6.07, 6.45) is 2.80. The Hall–Kier alpha value is -2.76. The molecule has 0 heterocycles. The van der Waals surface area contributed by atoms with Gasteiger partial charge in [0, 0.05) is 0 Å². The van der Waals surface area contributed by atoms with E-state index in [0.29, 0.717) is 17.1 Å². The van der Waals surface area contributed by atoms with E-state index in [1.807, 2.05) is 0 Å². The summed E-state index contributed by atoms with van der Waals surface area (Å²) in [5.41, 5.74) is 0.310. The fraction of sp³-hybridized carbons (Fsp3) is 0.294. The van der Waals surface area contributed by atoms with Crippen LogP contribution in [-0.2, 0) is 14.3 Å². The van der Waals surface area contributed by atoms with E-state index in [1.165, 1.54) is 27.2 Å². The van der Waals surface area contributed by atoms with Gasteiger partial charge in [0.25, 0.3) is 0 Å². The van der Waals surface area contributed by atoms with Gasteiger partial charge in [-0.25, -0.2) is 4.79 Å². The molecular formula is C17H20O6. The minimum absolute atomic E-state index is 0.113. The number of carbonyl (C=O) groups is 2. The maximum atomic E-state index is 11.7. The van der Waals surface area contributed by atoms with E-state index in [4.69, 9.17) is 14.2 Å². The molecule has 0 saturated heterocycles. The predicted molar refractivity (Wildman–Crippen MR) is 85.5 cm³/mol. The Morgan fingerprint density at radius 3 is 2.35 bits per heavy atom. The number of methoxy groups -OCH3 is 2. The first kappa shape index (κ1) is 18.3. The Labute approximate surface area is 135 Å². The molecule has 0 unspecified atom stereocenters. The van der Waals surface area contributed by atoms with E-state index in [2.05, 4.69) is 0 Å². The third kappa shape index (κ3) is 4.88. The molecule has 0 aliphatic carbocycles. The van der Waals surface area contributed by atoms with Crippen molar-refractivity contribution in [3.8, 4) is 11.5 Å². The van der Waals surface area contributed by atoms with Crippen molar-refractivity contribution >= 4 is 17.8 Å². The summed E-state index contributed by atoms with van der Waals surface area (Å²) < 4.78 is 15.1. The molecule has 0 fully saturated rings. The number of ketones is 1. The highest BCUT2D eigenvalue weighted by molar-refractivity contribution is 6.17. The van der Waals surface area contributed by atoms with Crippen LogP contribution in [-0.4, -0.2) is 37.7 Å². The van der Waals surface area contributed by atoms with Gasteiger partial charge in [0.05, 0.1) is 20.8 Å². The summed E-state index contributed by atoms with van der Waals surface area (Å²) in [5.74, 6) is -0.784. The standard InChI is InChI=1S/C17H20O6/c1-5-23-17(20)16(11(2)18)13(19)8-6-12-7-9-14(21-3)15(10-12)22-4/h6-10,19H,5H2,1-4H3/b8-6+,16-13-. The SMILES string of the molecule is CCOC(=O)/C(C(C)=O)=C(O)/C=C/c1ccc(OC)c(OC)c1. The molecule has 1 aromatic carbocycles. The van der Waals surface area contributed by atoms with Crippen LogP contribution in [0.5, 0.6) is 11.5 Å². The normalized spacial score (nSPS) is 11.8. The van der Waals surface area contributed by atoms with Gasteiger partial charge in [-0.2, -0.15) is 0 Å².